The number of aliphatic imine (C=N–C) groups is 1. The Hall–Kier alpha value is -2.90. The van der Waals surface area contributed by atoms with Gasteiger partial charge in [-0.2, -0.15) is 0 Å². The number of aromatic nitrogens is 3. The molecule has 2 aromatic rings. The van der Waals surface area contributed by atoms with Crippen molar-refractivity contribution in [3.05, 3.63) is 42.6 Å². The van der Waals surface area contributed by atoms with Crippen molar-refractivity contribution in [3.8, 4) is 5.82 Å². The summed E-state index contributed by atoms with van der Waals surface area (Å²) in [5.74, 6) is 1.27. The van der Waals surface area contributed by atoms with E-state index in [0.29, 0.717) is 12.5 Å². The van der Waals surface area contributed by atoms with E-state index < -0.39 is 0 Å². The first-order chi connectivity index (χ1) is 11.9. The van der Waals surface area contributed by atoms with Gasteiger partial charge in [-0.15, -0.1) is 0 Å². The second kappa shape index (κ2) is 8.27. The summed E-state index contributed by atoms with van der Waals surface area (Å²) < 4.78 is 1.84. The van der Waals surface area contributed by atoms with Crippen molar-refractivity contribution in [2.75, 3.05) is 13.6 Å². The standard InChI is InChI=1S/C17H25N7O/c1-17(2,3)23-15(25)11-22-16(18-4)21-10-13-5-6-20-14(9-13)24-8-7-19-12-24/h5-9,12H,10-11H2,1-4H3,(H,23,25)(H2,18,21,22). The van der Waals surface area contributed by atoms with Crippen molar-refractivity contribution in [3.63, 3.8) is 0 Å². The molecule has 0 aliphatic heterocycles. The molecule has 2 aromatic heterocycles. The fourth-order valence-corrected chi connectivity index (χ4v) is 2.14. The molecule has 0 fully saturated rings. The summed E-state index contributed by atoms with van der Waals surface area (Å²) >= 11 is 0. The van der Waals surface area contributed by atoms with E-state index in [1.54, 1.807) is 25.8 Å². The van der Waals surface area contributed by atoms with E-state index in [4.69, 9.17) is 0 Å². The zero-order valence-electron chi connectivity index (χ0n) is 15.1. The minimum atomic E-state index is -0.253. The summed E-state index contributed by atoms with van der Waals surface area (Å²) in [6.07, 6.45) is 7.00. The van der Waals surface area contributed by atoms with Crippen molar-refractivity contribution in [2.24, 2.45) is 4.99 Å². The summed E-state index contributed by atoms with van der Waals surface area (Å²) in [6.45, 7) is 6.55. The third-order valence-electron chi connectivity index (χ3n) is 3.19. The van der Waals surface area contributed by atoms with Crippen molar-refractivity contribution >= 4 is 11.9 Å². The van der Waals surface area contributed by atoms with Gasteiger partial charge in [0, 0.05) is 37.7 Å². The van der Waals surface area contributed by atoms with Gasteiger partial charge in [0.05, 0.1) is 6.54 Å². The average Bonchev–Trinajstić information content (AvgIpc) is 3.08. The number of nitrogens with zero attached hydrogens (tertiary/aromatic N) is 4. The van der Waals surface area contributed by atoms with Crippen LogP contribution in [-0.4, -0.2) is 45.5 Å². The topological polar surface area (TPSA) is 96.2 Å². The highest BCUT2D eigenvalue weighted by molar-refractivity contribution is 5.86. The second-order valence-corrected chi connectivity index (χ2v) is 6.57. The van der Waals surface area contributed by atoms with Crippen LogP contribution in [0.25, 0.3) is 5.82 Å². The molecule has 0 atom stereocenters. The van der Waals surface area contributed by atoms with E-state index in [1.807, 2.05) is 43.7 Å². The number of guanidine groups is 1. The van der Waals surface area contributed by atoms with Crippen LogP contribution in [0.15, 0.2) is 42.0 Å². The lowest BCUT2D eigenvalue weighted by molar-refractivity contribution is -0.121. The summed E-state index contributed by atoms with van der Waals surface area (Å²) in [6, 6.07) is 3.89. The van der Waals surface area contributed by atoms with Crippen LogP contribution >= 0.6 is 0 Å². The molecule has 0 aromatic carbocycles. The average molecular weight is 343 g/mol. The predicted molar refractivity (Wildman–Crippen MR) is 97.5 cm³/mol. The first kappa shape index (κ1) is 18.4. The molecule has 0 aliphatic rings. The fraction of sp³-hybridized carbons (Fsp3) is 0.412. The predicted octanol–water partition coefficient (Wildman–Crippen LogP) is 0.847. The van der Waals surface area contributed by atoms with Gasteiger partial charge in [-0.1, -0.05) is 0 Å². The van der Waals surface area contributed by atoms with Crippen LogP contribution in [0.1, 0.15) is 26.3 Å². The zero-order chi connectivity index (χ0) is 18.3. The molecule has 25 heavy (non-hydrogen) atoms. The number of imidazole rings is 1. The molecule has 0 bridgehead atoms. The third kappa shape index (κ3) is 6.25. The molecule has 0 unspecified atom stereocenters. The van der Waals surface area contributed by atoms with E-state index in [1.165, 1.54) is 0 Å². The molecule has 0 spiro atoms. The normalized spacial score (nSPS) is 11.9. The monoisotopic (exact) mass is 343 g/mol. The van der Waals surface area contributed by atoms with Crippen molar-refractivity contribution in [1.29, 1.82) is 0 Å². The quantitative estimate of drug-likeness (QED) is 0.552. The van der Waals surface area contributed by atoms with Gasteiger partial charge in [-0.05, 0) is 38.5 Å². The van der Waals surface area contributed by atoms with Crippen LogP contribution in [0.4, 0.5) is 0 Å². The Morgan fingerprint density at radius 2 is 2.08 bits per heavy atom. The molecule has 0 saturated heterocycles. The van der Waals surface area contributed by atoms with E-state index in [0.717, 1.165) is 11.4 Å². The maximum atomic E-state index is 11.9. The van der Waals surface area contributed by atoms with Gasteiger partial charge in [0.1, 0.15) is 12.1 Å². The lowest BCUT2D eigenvalue weighted by Gasteiger charge is -2.21. The largest absolute Gasteiger partial charge is 0.352 e. The van der Waals surface area contributed by atoms with Crippen LogP contribution in [0.3, 0.4) is 0 Å². The smallest absolute Gasteiger partial charge is 0.239 e. The summed E-state index contributed by atoms with van der Waals surface area (Å²) in [7, 11) is 1.67. The minimum Gasteiger partial charge on any atom is -0.352 e. The SMILES string of the molecule is CN=C(NCC(=O)NC(C)(C)C)NCc1ccnc(-n2ccnc2)c1. The maximum absolute atomic E-state index is 11.9. The Morgan fingerprint density at radius 3 is 2.72 bits per heavy atom. The van der Waals surface area contributed by atoms with Crippen molar-refractivity contribution in [2.45, 2.75) is 32.9 Å². The van der Waals surface area contributed by atoms with Gasteiger partial charge in [-0.3, -0.25) is 14.4 Å². The van der Waals surface area contributed by atoms with E-state index in [9.17, 15) is 4.79 Å². The highest BCUT2D eigenvalue weighted by Crippen LogP contribution is 2.06. The molecule has 3 N–H and O–H groups in total. The molecular formula is C17H25N7O. The molecule has 8 heteroatoms. The number of amides is 1. The number of pyridine rings is 1. The first-order valence-corrected chi connectivity index (χ1v) is 8.06. The molecule has 0 saturated carbocycles. The van der Waals surface area contributed by atoms with Crippen LogP contribution in [0, 0.1) is 0 Å². The molecule has 0 aliphatic carbocycles. The Bertz CT molecular complexity index is 717. The molecule has 0 radical (unpaired) electrons. The summed E-state index contributed by atoms with van der Waals surface area (Å²) in [5, 5.41) is 9.08. The van der Waals surface area contributed by atoms with Crippen LogP contribution in [0.2, 0.25) is 0 Å². The van der Waals surface area contributed by atoms with Gasteiger partial charge < -0.3 is 16.0 Å². The molecule has 1 amide bonds. The van der Waals surface area contributed by atoms with E-state index >= 15 is 0 Å². The maximum Gasteiger partial charge on any atom is 0.239 e. The Balaban J connectivity index is 1.87. The lowest BCUT2D eigenvalue weighted by atomic mass is 10.1. The Labute approximate surface area is 147 Å². The van der Waals surface area contributed by atoms with E-state index in [2.05, 4.69) is 30.9 Å². The number of rotatable bonds is 5. The Kier molecular flexibility index (Phi) is 6.10. The molecular weight excluding hydrogens is 318 g/mol. The fourth-order valence-electron chi connectivity index (χ4n) is 2.14. The summed E-state index contributed by atoms with van der Waals surface area (Å²) in [4.78, 5) is 24.3. The van der Waals surface area contributed by atoms with Crippen molar-refractivity contribution < 1.29 is 4.79 Å². The second-order valence-electron chi connectivity index (χ2n) is 6.57. The highest BCUT2D eigenvalue weighted by atomic mass is 16.2. The number of carbonyl (C=O) groups excluding carboxylic acids is 1. The van der Waals surface area contributed by atoms with Crippen LogP contribution in [0.5, 0.6) is 0 Å². The van der Waals surface area contributed by atoms with Gasteiger partial charge >= 0.3 is 0 Å². The van der Waals surface area contributed by atoms with E-state index in [-0.39, 0.29) is 18.0 Å². The van der Waals surface area contributed by atoms with Crippen LogP contribution in [-0.2, 0) is 11.3 Å². The van der Waals surface area contributed by atoms with Crippen molar-refractivity contribution in [1.82, 2.24) is 30.5 Å². The molecule has 2 heterocycles. The van der Waals surface area contributed by atoms with Gasteiger partial charge in [0.25, 0.3) is 0 Å². The third-order valence-corrected chi connectivity index (χ3v) is 3.19. The number of carbonyl (C=O) groups is 1. The number of nitrogens with one attached hydrogen (secondary N) is 3. The zero-order valence-corrected chi connectivity index (χ0v) is 15.1. The molecule has 8 nitrogen and oxygen atoms in total. The number of hydrogen-bond donors (Lipinski definition) is 3. The van der Waals surface area contributed by atoms with Gasteiger partial charge in [0.15, 0.2) is 5.96 Å². The van der Waals surface area contributed by atoms with Gasteiger partial charge in [-0.25, -0.2) is 9.97 Å². The minimum absolute atomic E-state index is 0.0817. The molecule has 2 rings (SSSR count). The van der Waals surface area contributed by atoms with Gasteiger partial charge in [0.2, 0.25) is 5.91 Å². The Morgan fingerprint density at radius 1 is 1.28 bits per heavy atom. The summed E-state index contributed by atoms with van der Waals surface area (Å²) in [5.41, 5.74) is 0.789. The number of hydrogen-bond acceptors (Lipinski definition) is 4. The van der Waals surface area contributed by atoms with Crippen LogP contribution < -0.4 is 16.0 Å². The first-order valence-electron chi connectivity index (χ1n) is 8.06. The lowest BCUT2D eigenvalue weighted by Crippen LogP contribution is -2.48. The highest BCUT2D eigenvalue weighted by Gasteiger charge is 2.13. The molecule has 134 valence electrons.